The van der Waals surface area contributed by atoms with Gasteiger partial charge in [0.05, 0.1) is 18.8 Å². The Morgan fingerprint density at radius 3 is 2.64 bits per heavy atom. The number of nitrogens with zero attached hydrogens (tertiary/aromatic N) is 6. The van der Waals surface area contributed by atoms with Gasteiger partial charge < -0.3 is 4.74 Å². The molecule has 4 aromatic heterocycles. The summed E-state index contributed by atoms with van der Waals surface area (Å²) in [5.74, 6) is 0.745. The van der Waals surface area contributed by atoms with Crippen LogP contribution in [0.3, 0.4) is 0 Å². The highest BCUT2D eigenvalue weighted by Gasteiger charge is 2.15. The Morgan fingerprint density at radius 1 is 1.08 bits per heavy atom. The van der Waals surface area contributed by atoms with E-state index in [1.165, 1.54) is 4.68 Å². The molecule has 0 saturated carbocycles. The molecule has 0 aliphatic carbocycles. The lowest BCUT2D eigenvalue weighted by molar-refractivity contribution is 0.398. The first-order valence-electron chi connectivity index (χ1n) is 7.57. The van der Waals surface area contributed by atoms with Crippen molar-refractivity contribution in [2.24, 2.45) is 0 Å². The Bertz CT molecular complexity index is 1120. The van der Waals surface area contributed by atoms with Gasteiger partial charge in [0.15, 0.2) is 0 Å². The van der Waals surface area contributed by atoms with Crippen LogP contribution in [0.5, 0.6) is 5.88 Å². The van der Waals surface area contributed by atoms with Gasteiger partial charge in [-0.15, -0.1) is 4.68 Å². The molecule has 0 saturated heterocycles. The SMILES string of the molecule is COc1cc(-c2cc3cnn(-c4ncccn4)c(=O)n3c2C)ccn1. The smallest absolute Gasteiger partial charge is 0.356 e. The van der Waals surface area contributed by atoms with Gasteiger partial charge in [-0.05, 0) is 30.7 Å². The maximum atomic E-state index is 12.9. The molecule has 4 aromatic rings. The van der Waals surface area contributed by atoms with E-state index in [0.717, 1.165) is 16.8 Å². The maximum Gasteiger partial charge on any atom is 0.356 e. The van der Waals surface area contributed by atoms with Crippen LogP contribution < -0.4 is 10.4 Å². The highest BCUT2D eigenvalue weighted by atomic mass is 16.5. The third-order valence-electron chi connectivity index (χ3n) is 3.95. The standard InChI is InChI=1S/C17H14N6O2/c1-11-14(12-4-7-18-15(8-12)25-2)9-13-10-21-23(17(24)22(11)13)16-19-5-3-6-20-16/h3-10H,1-2H3. The van der Waals surface area contributed by atoms with Gasteiger partial charge in [0.2, 0.25) is 5.88 Å². The summed E-state index contributed by atoms with van der Waals surface area (Å²) in [7, 11) is 1.57. The van der Waals surface area contributed by atoms with Crippen molar-refractivity contribution < 1.29 is 4.74 Å². The Balaban J connectivity index is 1.94. The first-order chi connectivity index (χ1) is 12.2. The fourth-order valence-electron chi connectivity index (χ4n) is 2.76. The Labute approximate surface area is 142 Å². The van der Waals surface area contributed by atoms with Gasteiger partial charge in [0.1, 0.15) is 0 Å². The highest BCUT2D eigenvalue weighted by Crippen LogP contribution is 2.27. The first kappa shape index (κ1) is 15.0. The predicted octanol–water partition coefficient (Wildman–Crippen LogP) is 1.65. The summed E-state index contributed by atoms with van der Waals surface area (Å²) >= 11 is 0. The summed E-state index contributed by atoms with van der Waals surface area (Å²) in [6.07, 6.45) is 6.42. The number of aryl methyl sites for hydroxylation is 1. The maximum absolute atomic E-state index is 12.9. The van der Waals surface area contributed by atoms with E-state index in [-0.39, 0.29) is 11.6 Å². The van der Waals surface area contributed by atoms with Crippen molar-refractivity contribution in [3.63, 3.8) is 0 Å². The Hall–Kier alpha value is -3.55. The summed E-state index contributed by atoms with van der Waals surface area (Å²) in [6, 6.07) is 7.29. The van der Waals surface area contributed by atoms with Gasteiger partial charge in [-0.25, -0.2) is 19.7 Å². The van der Waals surface area contributed by atoms with Gasteiger partial charge in [0.25, 0.3) is 5.95 Å². The summed E-state index contributed by atoms with van der Waals surface area (Å²) in [6.45, 7) is 1.88. The second-order valence-corrected chi connectivity index (χ2v) is 5.38. The minimum absolute atomic E-state index is 0.231. The molecular weight excluding hydrogens is 320 g/mol. The van der Waals surface area contributed by atoms with E-state index < -0.39 is 0 Å². The number of fused-ring (bicyclic) bond motifs is 1. The van der Waals surface area contributed by atoms with Crippen LogP contribution in [0.1, 0.15) is 5.69 Å². The van der Waals surface area contributed by atoms with Crippen molar-refractivity contribution >= 4 is 5.52 Å². The molecule has 8 heteroatoms. The monoisotopic (exact) mass is 334 g/mol. The number of methoxy groups -OCH3 is 1. The zero-order valence-electron chi connectivity index (χ0n) is 13.6. The lowest BCUT2D eigenvalue weighted by Crippen LogP contribution is -2.29. The Morgan fingerprint density at radius 2 is 1.88 bits per heavy atom. The first-order valence-corrected chi connectivity index (χ1v) is 7.57. The van der Waals surface area contributed by atoms with Crippen molar-refractivity contribution in [2.75, 3.05) is 7.11 Å². The summed E-state index contributed by atoms with van der Waals surface area (Å²) in [5.41, 5.74) is 2.98. The zero-order chi connectivity index (χ0) is 17.4. The van der Waals surface area contributed by atoms with Crippen molar-refractivity contribution in [2.45, 2.75) is 6.92 Å². The van der Waals surface area contributed by atoms with Crippen LogP contribution in [0.15, 0.2) is 53.8 Å². The molecule has 0 bridgehead atoms. The molecule has 0 radical (unpaired) electrons. The molecule has 0 atom stereocenters. The number of hydrogen-bond donors (Lipinski definition) is 0. The van der Waals surface area contributed by atoms with E-state index in [2.05, 4.69) is 20.1 Å². The molecule has 0 aliphatic heterocycles. The molecule has 0 aliphatic rings. The molecule has 0 N–H and O–H groups in total. The van der Waals surface area contributed by atoms with Crippen molar-refractivity contribution in [1.29, 1.82) is 0 Å². The van der Waals surface area contributed by atoms with Crippen molar-refractivity contribution in [1.82, 2.24) is 29.1 Å². The third-order valence-corrected chi connectivity index (χ3v) is 3.95. The van der Waals surface area contributed by atoms with Crippen molar-refractivity contribution in [3.8, 4) is 23.0 Å². The highest BCUT2D eigenvalue weighted by molar-refractivity contribution is 5.73. The van der Waals surface area contributed by atoms with Crippen LogP contribution >= 0.6 is 0 Å². The fourth-order valence-corrected chi connectivity index (χ4v) is 2.76. The molecule has 124 valence electrons. The molecule has 0 amide bonds. The van der Waals surface area contributed by atoms with Gasteiger partial charge >= 0.3 is 5.69 Å². The van der Waals surface area contributed by atoms with E-state index in [9.17, 15) is 4.79 Å². The topological polar surface area (TPSA) is 87.2 Å². The molecule has 0 spiro atoms. The summed E-state index contributed by atoms with van der Waals surface area (Å²) in [5, 5.41) is 4.18. The molecule has 0 aromatic carbocycles. The number of rotatable bonds is 3. The van der Waals surface area contributed by atoms with E-state index in [4.69, 9.17) is 4.74 Å². The number of ether oxygens (including phenoxy) is 1. The lowest BCUT2D eigenvalue weighted by Gasteiger charge is -2.05. The summed E-state index contributed by atoms with van der Waals surface area (Å²) < 4.78 is 7.94. The fraction of sp³-hybridized carbons (Fsp3) is 0.118. The molecule has 4 heterocycles. The van der Waals surface area contributed by atoms with Crippen molar-refractivity contribution in [3.05, 3.63) is 65.2 Å². The Kier molecular flexibility index (Phi) is 3.50. The average Bonchev–Trinajstić information content (AvgIpc) is 3.00. The van der Waals surface area contributed by atoms with Crippen LogP contribution in [-0.2, 0) is 0 Å². The van der Waals surface area contributed by atoms with Gasteiger partial charge in [0, 0.05) is 35.9 Å². The van der Waals surface area contributed by atoms with Crippen LogP contribution in [0.4, 0.5) is 0 Å². The van der Waals surface area contributed by atoms with Crippen LogP contribution in [0.2, 0.25) is 0 Å². The molecule has 0 fully saturated rings. The van der Waals surface area contributed by atoms with E-state index in [0.29, 0.717) is 11.4 Å². The second-order valence-electron chi connectivity index (χ2n) is 5.38. The van der Waals surface area contributed by atoms with E-state index >= 15 is 0 Å². The molecule has 0 unspecified atom stereocenters. The number of hydrogen-bond acceptors (Lipinski definition) is 6. The number of aromatic nitrogens is 6. The minimum atomic E-state index is -0.325. The van der Waals surface area contributed by atoms with Crippen LogP contribution in [-0.4, -0.2) is 36.2 Å². The molecular formula is C17H14N6O2. The zero-order valence-corrected chi connectivity index (χ0v) is 13.6. The predicted molar refractivity (Wildman–Crippen MR) is 90.9 cm³/mol. The molecule has 25 heavy (non-hydrogen) atoms. The quantitative estimate of drug-likeness (QED) is 0.566. The summed E-state index contributed by atoms with van der Waals surface area (Å²) in [4.78, 5) is 25.1. The van der Waals surface area contributed by atoms with E-state index in [1.807, 2.05) is 25.1 Å². The lowest BCUT2D eigenvalue weighted by atomic mass is 10.1. The largest absolute Gasteiger partial charge is 0.481 e. The average molecular weight is 334 g/mol. The molecule has 4 rings (SSSR count). The third kappa shape index (κ3) is 2.44. The second kappa shape index (κ2) is 5.82. The van der Waals surface area contributed by atoms with Gasteiger partial charge in [-0.3, -0.25) is 4.40 Å². The minimum Gasteiger partial charge on any atom is -0.481 e. The normalized spacial score (nSPS) is 11.0. The van der Waals surface area contributed by atoms with Crippen LogP contribution in [0.25, 0.3) is 22.6 Å². The number of pyridine rings is 1. The van der Waals surface area contributed by atoms with E-state index in [1.54, 1.807) is 42.4 Å². The van der Waals surface area contributed by atoms with Gasteiger partial charge in [-0.2, -0.15) is 5.10 Å². The molecule has 8 nitrogen and oxygen atoms in total. The van der Waals surface area contributed by atoms with Crippen LogP contribution in [0, 0.1) is 6.92 Å². The van der Waals surface area contributed by atoms with Gasteiger partial charge in [-0.1, -0.05) is 0 Å².